The highest BCUT2D eigenvalue weighted by molar-refractivity contribution is 5.78. The molecule has 0 aliphatic rings. The van der Waals surface area contributed by atoms with Crippen molar-refractivity contribution in [1.29, 1.82) is 5.26 Å². The SMILES string of the molecule is CC(C)CCC(C)NC(=O)Cc1ccc(C#N)cc1. The number of hydrogen-bond acceptors (Lipinski definition) is 2. The van der Waals surface area contributed by atoms with E-state index in [1.54, 1.807) is 12.1 Å². The summed E-state index contributed by atoms with van der Waals surface area (Å²) < 4.78 is 0. The molecule has 19 heavy (non-hydrogen) atoms. The maximum Gasteiger partial charge on any atom is 0.224 e. The summed E-state index contributed by atoms with van der Waals surface area (Å²) in [5, 5.41) is 11.7. The molecule has 1 atom stereocenters. The largest absolute Gasteiger partial charge is 0.353 e. The van der Waals surface area contributed by atoms with Crippen LogP contribution in [0.1, 0.15) is 44.7 Å². The molecule has 1 N–H and O–H groups in total. The molecule has 0 bridgehead atoms. The summed E-state index contributed by atoms with van der Waals surface area (Å²) in [5.74, 6) is 0.707. The van der Waals surface area contributed by atoms with E-state index in [-0.39, 0.29) is 11.9 Å². The predicted octanol–water partition coefficient (Wildman–Crippen LogP) is 3.04. The highest BCUT2D eigenvalue weighted by Crippen LogP contribution is 2.07. The Kier molecular flexibility index (Phi) is 6.08. The van der Waals surface area contributed by atoms with E-state index in [4.69, 9.17) is 5.26 Å². The van der Waals surface area contributed by atoms with Crippen LogP contribution in [0.5, 0.6) is 0 Å². The molecule has 0 fully saturated rings. The van der Waals surface area contributed by atoms with Crippen LogP contribution in [0.3, 0.4) is 0 Å². The van der Waals surface area contributed by atoms with E-state index in [0.29, 0.717) is 17.9 Å². The lowest BCUT2D eigenvalue weighted by Gasteiger charge is -2.15. The summed E-state index contributed by atoms with van der Waals surface area (Å²) in [4.78, 5) is 11.8. The topological polar surface area (TPSA) is 52.9 Å². The highest BCUT2D eigenvalue weighted by Gasteiger charge is 2.08. The standard InChI is InChI=1S/C16H22N2O/c1-12(2)4-5-13(3)18-16(19)10-14-6-8-15(11-17)9-7-14/h6-9,12-13H,4-5,10H2,1-3H3,(H,18,19). The number of carbonyl (C=O) groups is 1. The smallest absolute Gasteiger partial charge is 0.224 e. The van der Waals surface area contributed by atoms with Gasteiger partial charge in [0.2, 0.25) is 5.91 Å². The third-order valence-electron chi connectivity index (χ3n) is 3.03. The second-order valence-corrected chi connectivity index (χ2v) is 5.43. The fourth-order valence-corrected chi connectivity index (χ4v) is 1.86. The molecule has 0 saturated heterocycles. The molecule has 0 aliphatic heterocycles. The molecule has 1 unspecified atom stereocenters. The van der Waals surface area contributed by atoms with E-state index in [1.807, 2.05) is 19.1 Å². The molecule has 1 aromatic rings. The summed E-state index contributed by atoms with van der Waals surface area (Å²) in [6.07, 6.45) is 2.51. The lowest BCUT2D eigenvalue weighted by Crippen LogP contribution is -2.33. The van der Waals surface area contributed by atoms with Crippen molar-refractivity contribution in [1.82, 2.24) is 5.32 Å². The van der Waals surface area contributed by atoms with Crippen LogP contribution in [0.2, 0.25) is 0 Å². The minimum Gasteiger partial charge on any atom is -0.353 e. The Hall–Kier alpha value is -1.82. The van der Waals surface area contributed by atoms with Crippen LogP contribution in [0.25, 0.3) is 0 Å². The molecule has 1 rings (SSSR count). The Morgan fingerprint density at radius 3 is 2.37 bits per heavy atom. The number of rotatable bonds is 6. The molecule has 0 spiro atoms. The Balaban J connectivity index is 2.40. The second kappa shape index (κ2) is 7.58. The minimum atomic E-state index is 0.0426. The molecule has 0 heterocycles. The zero-order valence-electron chi connectivity index (χ0n) is 11.9. The molecule has 1 aromatic carbocycles. The van der Waals surface area contributed by atoms with Crippen molar-refractivity contribution in [2.24, 2.45) is 5.92 Å². The number of nitrogens with zero attached hydrogens (tertiary/aromatic N) is 1. The molecule has 102 valence electrons. The average molecular weight is 258 g/mol. The van der Waals surface area contributed by atoms with Crippen LogP contribution in [0.4, 0.5) is 0 Å². The Morgan fingerprint density at radius 1 is 1.21 bits per heavy atom. The molecule has 0 radical (unpaired) electrons. The van der Waals surface area contributed by atoms with Crippen LogP contribution < -0.4 is 5.32 Å². The third-order valence-corrected chi connectivity index (χ3v) is 3.03. The van der Waals surface area contributed by atoms with Gasteiger partial charge in [0.25, 0.3) is 0 Å². The van der Waals surface area contributed by atoms with Crippen LogP contribution in [-0.4, -0.2) is 11.9 Å². The van der Waals surface area contributed by atoms with Gasteiger partial charge in [-0.2, -0.15) is 5.26 Å². The minimum absolute atomic E-state index is 0.0426. The van der Waals surface area contributed by atoms with Gasteiger partial charge >= 0.3 is 0 Å². The number of benzene rings is 1. The first-order chi connectivity index (χ1) is 9.01. The van der Waals surface area contributed by atoms with E-state index in [1.165, 1.54) is 0 Å². The summed E-state index contributed by atoms with van der Waals surface area (Å²) >= 11 is 0. The summed E-state index contributed by atoms with van der Waals surface area (Å²) in [5.41, 5.74) is 1.56. The molecule has 0 aliphatic carbocycles. The first kappa shape index (κ1) is 15.2. The van der Waals surface area contributed by atoms with Gasteiger partial charge in [0.15, 0.2) is 0 Å². The fourth-order valence-electron chi connectivity index (χ4n) is 1.86. The summed E-state index contributed by atoms with van der Waals surface area (Å²) in [6.45, 7) is 6.41. The van der Waals surface area contributed by atoms with Crippen LogP contribution >= 0.6 is 0 Å². The van der Waals surface area contributed by atoms with Crippen LogP contribution in [0.15, 0.2) is 24.3 Å². The number of hydrogen-bond donors (Lipinski definition) is 1. The van der Waals surface area contributed by atoms with Crippen molar-refractivity contribution >= 4 is 5.91 Å². The van der Waals surface area contributed by atoms with Crippen molar-refractivity contribution in [3.63, 3.8) is 0 Å². The van der Waals surface area contributed by atoms with Crippen molar-refractivity contribution in [2.45, 2.75) is 46.1 Å². The first-order valence-electron chi connectivity index (χ1n) is 6.79. The second-order valence-electron chi connectivity index (χ2n) is 5.43. The lowest BCUT2D eigenvalue weighted by atomic mass is 10.0. The van der Waals surface area contributed by atoms with E-state index in [2.05, 4.69) is 25.2 Å². The molecule has 0 aromatic heterocycles. The van der Waals surface area contributed by atoms with Gasteiger partial charge in [-0.05, 0) is 43.4 Å². The van der Waals surface area contributed by atoms with Gasteiger partial charge in [0.1, 0.15) is 0 Å². The van der Waals surface area contributed by atoms with Gasteiger partial charge in [0, 0.05) is 6.04 Å². The van der Waals surface area contributed by atoms with Crippen molar-refractivity contribution in [2.75, 3.05) is 0 Å². The molecule has 3 nitrogen and oxygen atoms in total. The van der Waals surface area contributed by atoms with E-state index in [9.17, 15) is 4.79 Å². The number of nitrogens with one attached hydrogen (secondary N) is 1. The van der Waals surface area contributed by atoms with E-state index < -0.39 is 0 Å². The predicted molar refractivity (Wildman–Crippen MR) is 76.5 cm³/mol. The van der Waals surface area contributed by atoms with Crippen molar-refractivity contribution in [3.05, 3.63) is 35.4 Å². The van der Waals surface area contributed by atoms with E-state index in [0.717, 1.165) is 18.4 Å². The molecule has 0 saturated carbocycles. The van der Waals surface area contributed by atoms with Gasteiger partial charge < -0.3 is 5.32 Å². The van der Waals surface area contributed by atoms with E-state index >= 15 is 0 Å². The summed E-state index contributed by atoms with van der Waals surface area (Å²) in [6, 6.07) is 9.42. The number of nitriles is 1. The van der Waals surface area contributed by atoms with Gasteiger partial charge in [-0.1, -0.05) is 26.0 Å². The van der Waals surface area contributed by atoms with Crippen molar-refractivity contribution < 1.29 is 4.79 Å². The first-order valence-corrected chi connectivity index (χ1v) is 6.79. The zero-order chi connectivity index (χ0) is 14.3. The van der Waals surface area contributed by atoms with Gasteiger partial charge in [-0.25, -0.2) is 0 Å². The van der Waals surface area contributed by atoms with Crippen LogP contribution in [-0.2, 0) is 11.2 Å². The number of amides is 1. The average Bonchev–Trinajstić information content (AvgIpc) is 2.37. The summed E-state index contributed by atoms with van der Waals surface area (Å²) in [7, 11) is 0. The molecule has 3 heteroatoms. The van der Waals surface area contributed by atoms with Crippen molar-refractivity contribution in [3.8, 4) is 6.07 Å². The number of carbonyl (C=O) groups excluding carboxylic acids is 1. The Morgan fingerprint density at radius 2 is 1.84 bits per heavy atom. The van der Waals surface area contributed by atoms with Gasteiger partial charge in [-0.3, -0.25) is 4.79 Å². The molecule has 1 amide bonds. The monoisotopic (exact) mass is 258 g/mol. The van der Waals surface area contributed by atoms with Gasteiger partial charge in [0.05, 0.1) is 18.1 Å². The maximum absolute atomic E-state index is 11.8. The molecular weight excluding hydrogens is 236 g/mol. The van der Waals surface area contributed by atoms with Gasteiger partial charge in [-0.15, -0.1) is 0 Å². The third kappa shape index (κ3) is 6.05. The lowest BCUT2D eigenvalue weighted by molar-refractivity contribution is -0.121. The quantitative estimate of drug-likeness (QED) is 0.852. The Bertz CT molecular complexity index is 443. The highest BCUT2D eigenvalue weighted by atomic mass is 16.1. The normalized spacial score (nSPS) is 11.9. The van der Waals surface area contributed by atoms with Crippen LogP contribution in [0, 0.1) is 17.2 Å². The molecular formula is C16H22N2O. The fraction of sp³-hybridized carbons (Fsp3) is 0.500. The zero-order valence-corrected chi connectivity index (χ0v) is 11.9. The Labute approximate surface area is 115 Å². The maximum atomic E-state index is 11.8.